The average Bonchev–Trinajstić information content (AvgIpc) is 2.79. The lowest BCUT2D eigenvalue weighted by Gasteiger charge is -2.35. The molecule has 1 heterocycles. The summed E-state index contributed by atoms with van der Waals surface area (Å²) < 4.78 is 50.2. The lowest BCUT2D eigenvalue weighted by atomic mass is 10.0. The minimum atomic E-state index is -3.84. The maximum atomic E-state index is 13.1. The first-order valence-electron chi connectivity index (χ1n) is 9.66. The van der Waals surface area contributed by atoms with Crippen LogP contribution in [0.3, 0.4) is 0 Å². The second kappa shape index (κ2) is 10.1. The fourth-order valence-electron chi connectivity index (χ4n) is 3.46. The van der Waals surface area contributed by atoms with Gasteiger partial charge in [0, 0.05) is 31.7 Å². The Morgan fingerprint density at radius 2 is 1.70 bits per heavy atom. The van der Waals surface area contributed by atoms with E-state index < -0.39 is 10.0 Å². The largest absolute Gasteiger partial charge is 0.497 e. The summed E-state index contributed by atoms with van der Waals surface area (Å²) in [6.07, 6.45) is 0. The van der Waals surface area contributed by atoms with Gasteiger partial charge in [-0.25, -0.2) is 13.1 Å². The Hall–Kier alpha value is -2.33. The quantitative estimate of drug-likeness (QED) is 0.644. The molecule has 0 unspecified atom stereocenters. The van der Waals surface area contributed by atoms with Crippen molar-refractivity contribution in [2.45, 2.75) is 10.9 Å². The molecule has 0 spiro atoms. The van der Waals surface area contributed by atoms with Crippen LogP contribution in [0.1, 0.15) is 11.6 Å². The molecule has 1 aliphatic rings. The Labute approximate surface area is 177 Å². The molecule has 0 saturated carbocycles. The Morgan fingerprint density at radius 1 is 1.00 bits per heavy atom. The Bertz CT molecular complexity index is 944. The summed E-state index contributed by atoms with van der Waals surface area (Å²) in [6, 6.07) is 12.2. The van der Waals surface area contributed by atoms with Crippen molar-refractivity contribution in [3.05, 3.63) is 48.0 Å². The number of sulfonamides is 1. The number of ether oxygens (including phenoxy) is 4. The van der Waals surface area contributed by atoms with Crippen molar-refractivity contribution in [3.63, 3.8) is 0 Å². The third-order valence-corrected chi connectivity index (χ3v) is 6.54. The minimum Gasteiger partial charge on any atom is -0.497 e. The predicted molar refractivity (Wildman–Crippen MR) is 113 cm³/mol. The highest BCUT2D eigenvalue weighted by atomic mass is 32.2. The van der Waals surface area contributed by atoms with E-state index in [1.165, 1.54) is 20.3 Å². The summed E-state index contributed by atoms with van der Waals surface area (Å²) >= 11 is 0. The maximum absolute atomic E-state index is 13.1. The van der Waals surface area contributed by atoms with E-state index in [4.69, 9.17) is 18.9 Å². The van der Waals surface area contributed by atoms with Crippen LogP contribution < -0.4 is 18.9 Å². The van der Waals surface area contributed by atoms with E-state index in [-0.39, 0.29) is 23.2 Å². The van der Waals surface area contributed by atoms with Crippen LogP contribution in [0.25, 0.3) is 0 Å². The van der Waals surface area contributed by atoms with Crippen molar-refractivity contribution in [1.29, 1.82) is 0 Å². The van der Waals surface area contributed by atoms with Gasteiger partial charge in [-0.1, -0.05) is 12.1 Å². The van der Waals surface area contributed by atoms with E-state index in [1.807, 2.05) is 24.3 Å². The molecule has 1 fully saturated rings. The van der Waals surface area contributed by atoms with Crippen molar-refractivity contribution in [3.8, 4) is 17.2 Å². The Kier molecular flexibility index (Phi) is 7.54. The van der Waals surface area contributed by atoms with Crippen molar-refractivity contribution >= 4 is 10.0 Å². The van der Waals surface area contributed by atoms with Crippen molar-refractivity contribution in [2.24, 2.45) is 0 Å². The summed E-state index contributed by atoms with van der Waals surface area (Å²) in [4.78, 5) is 2.25. The molecule has 0 amide bonds. The molecule has 2 aromatic rings. The first-order chi connectivity index (χ1) is 14.5. The van der Waals surface area contributed by atoms with Gasteiger partial charge < -0.3 is 18.9 Å². The molecule has 164 valence electrons. The number of hydrogen-bond acceptors (Lipinski definition) is 7. The fourth-order valence-corrected chi connectivity index (χ4v) is 4.68. The first kappa shape index (κ1) is 22.4. The van der Waals surface area contributed by atoms with Crippen molar-refractivity contribution < 1.29 is 27.4 Å². The van der Waals surface area contributed by atoms with Gasteiger partial charge in [-0.3, -0.25) is 4.90 Å². The van der Waals surface area contributed by atoms with E-state index in [9.17, 15) is 8.42 Å². The van der Waals surface area contributed by atoms with Gasteiger partial charge in [0.15, 0.2) is 0 Å². The zero-order valence-corrected chi connectivity index (χ0v) is 18.3. The molecular formula is C21H28N2O6S. The van der Waals surface area contributed by atoms with Crippen molar-refractivity contribution in [1.82, 2.24) is 9.62 Å². The van der Waals surface area contributed by atoms with Gasteiger partial charge in [0.2, 0.25) is 10.0 Å². The van der Waals surface area contributed by atoms with E-state index in [0.29, 0.717) is 32.1 Å². The second-order valence-electron chi connectivity index (χ2n) is 6.81. The van der Waals surface area contributed by atoms with Gasteiger partial charge in [0.25, 0.3) is 0 Å². The average molecular weight is 437 g/mol. The number of nitrogens with one attached hydrogen (secondary N) is 1. The molecule has 1 atom stereocenters. The van der Waals surface area contributed by atoms with Gasteiger partial charge in [-0.15, -0.1) is 0 Å². The molecule has 0 radical (unpaired) electrons. The zero-order valence-electron chi connectivity index (χ0n) is 17.5. The highest BCUT2D eigenvalue weighted by Crippen LogP contribution is 2.29. The number of morpholine rings is 1. The molecule has 3 rings (SSSR count). The van der Waals surface area contributed by atoms with Gasteiger partial charge in [0.05, 0.1) is 34.5 Å². The maximum Gasteiger partial charge on any atom is 0.244 e. The van der Waals surface area contributed by atoms with Crippen molar-refractivity contribution in [2.75, 3.05) is 54.2 Å². The lowest BCUT2D eigenvalue weighted by Crippen LogP contribution is -2.43. The Balaban J connectivity index is 1.87. The molecule has 1 saturated heterocycles. The Morgan fingerprint density at radius 3 is 2.37 bits per heavy atom. The highest BCUT2D eigenvalue weighted by Gasteiger charge is 2.27. The zero-order chi connectivity index (χ0) is 21.6. The monoisotopic (exact) mass is 436 g/mol. The molecule has 2 aromatic carbocycles. The van der Waals surface area contributed by atoms with E-state index in [1.54, 1.807) is 19.2 Å². The smallest absolute Gasteiger partial charge is 0.244 e. The third kappa shape index (κ3) is 5.23. The fraction of sp³-hybridized carbons (Fsp3) is 0.429. The second-order valence-corrected chi connectivity index (χ2v) is 8.54. The highest BCUT2D eigenvalue weighted by molar-refractivity contribution is 7.89. The summed E-state index contributed by atoms with van der Waals surface area (Å²) in [7, 11) is 0.702. The number of methoxy groups -OCH3 is 3. The first-order valence-corrected chi connectivity index (χ1v) is 11.1. The van der Waals surface area contributed by atoms with E-state index >= 15 is 0 Å². The number of nitrogens with zero attached hydrogens (tertiary/aromatic N) is 1. The number of hydrogen-bond donors (Lipinski definition) is 1. The predicted octanol–water partition coefficient (Wildman–Crippen LogP) is 2.06. The third-order valence-electron chi connectivity index (χ3n) is 5.09. The van der Waals surface area contributed by atoms with Gasteiger partial charge in [-0.2, -0.15) is 0 Å². The molecule has 1 aliphatic heterocycles. The van der Waals surface area contributed by atoms with Gasteiger partial charge in [-0.05, 0) is 29.8 Å². The van der Waals surface area contributed by atoms with Crippen LogP contribution in [-0.2, 0) is 14.8 Å². The molecule has 0 aromatic heterocycles. The SMILES string of the molecule is COc1cccc([C@H](CNS(=O)(=O)c2cc(OC)ccc2OC)N2CCOCC2)c1. The molecule has 8 nitrogen and oxygen atoms in total. The standard InChI is InChI=1S/C21H28N2O6S/c1-26-17-6-4-5-16(13-17)19(23-9-11-29-12-10-23)15-22-30(24,25)21-14-18(27-2)7-8-20(21)28-3/h4-8,13-14,19,22H,9-12,15H2,1-3H3/t19-/m0/s1. The van der Waals surface area contributed by atoms with Crippen LogP contribution in [0.4, 0.5) is 0 Å². The topological polar surface area (TPSA) is 86.3 Å². The van der Waals surface area contributed by atoms with Crippen LogP contribution in [0.15, 0.2) is 47.4 Å². The molecular weight excluding hydrogens is 408 g/mol. The van der Waals surface area contributed by atoms with E-state index in [0.717, 1.165) is 11.3 Å². The number of rotatable bonds is 9. The normalized spacial score (nSPS) is 16.1. The number of benzene rings is 2. The van der Waals surface area contributed by atoms with Gasteiger partial charge >= 0.3 is 0 Å². The molecule has 0 bridgehead atoms. The molecule has 1 N–H and O–H groups in total. The summed E-state index contributed by atoms with van der Waals surface area (Å²) in [5.74, 6) is 1.42. The van der Waals surface area contributed by atoms with Crippen LogP contribution >= 0.6 is 0 Å². The minimum absolute atomic E-state index is 0.0377. The van der Waals surface area contributed by atoms with Crippen LogP contribution in [-0.4, -0.2) is 67.5 Å². The van der Waals surface area contributed by atoms with Crippen LogP contribution in [0.2, 0.25) is 0 Å². The molecule has 0 aliphatic carbocycles. The lowest BCUT2D eigenvalue weighted by molar-refractivity contribution is 0.0171. The summed E-state index contributed by atoms with van der Waals surface area (Å²) in [6.45, 7) is 2.84. The summed E-state index contributed by atoms with van der Waals surface area (Å²) in [5.41, 5.74) is 0.969. The molecule has 9 heteroatoms. The van der Waals surface area contributed by atoms with E-state index in [2.05, 4.69) is 9.62 Å². The summed E-state index contributed by atoms with van der Waals surface area (Å²) in [5, 5.41) is 0. The molecule has 30 heavy (non-hydrogen) atoms. The van der Waals surface area contributed by atoms with Crippen LogP contribution in [0.5, 0.6) is 17.2 Å². The van der Waals surface area contributed by atoms with Crippen LogP contribution in [0, 0.1) is 0 Å². The van der Waals surface area contributed by atoms with Gasteiger partial charge in [0.1, 0.15) is 22.1 Å².